The molecule has 3 nitrogen and oxygen atoms in total. The van der Waals surface area contributed by atoms with Gasteiger partial charge in [-0.15, -0.1) is 0 Å². The standard InChI is InChI=1S/C22H27NO2/c1-5-7-14-23(6-2)22(25)20-11-9-8-10-19(20)21(24)18-13-12-16(3)17(4)15-18/h8-13,15H,5-7,14H2,1-4H3. The molecule has 0 fully saturated rings. The van der Waals surface area contributed by atoms with Gasteiger partial charge in [0, 0.05) is 24.2 Å². The normalized spacial score (nSPS) is 10.6. The number of nitrogens with zero attached hydrogens (tertiary/aromatic N) is 1. The van der Waals surface area contributed by atoms with Crippen LogP contribution in [0.1, 0.15) is 64.1 Å². The number of carbonyl (C=O) groups excluding carboxylic acids is 2. The molecule has 1 amide bonds. The SMILES string of the molecule is CCCCN(CC)C(=O)c1ccccc1C(=O)c1ccc(C)c(C)c1. The van der Waals surface area contributed by atoms with E-state index in [1.807, 2.05) is 56.0 Å². The van der Waals surface area contributed by atoms with Crippen molar-refractivity contribution in [1.82, 2.24) is 4.90 Å². The van der Waals surface area contributed by atoms with Gasteiger partial charge in [0.1, 0.15) is 0 Å². The van der Waals surface area contributed by atoms with Crippen LogP contribution in [0.15, 0.2) is 42.5 Å². The Balaban J connectivity index is 2.38. The summed E-state index contributed by atoms with van der Waals surface area (Å²) in [5.41, 5.74) is 3.82. The monoisotopic (exact) mass is 337 g/mol. The minimum absolute atomic E-state index is 0.0660. The Morgan fingerprint density at radius 1 is 0.920 bits per heavy atom. The van der Waals surface area contributed by atoms with Crippen LogP contribution in [0.4, 0.5) is 0 Å². The van der Waals surface area contributed by atoms with Crippen LogP contribution in [0.25, 0.3) is 0 Å². The van der Waals surface area contributed by atoms with E-state index in [4.69, 9.17) is 0 Å². The van der Waals surface area contributed by atoms with Gasteiger partial charge in [0.25, 0.3) is 5.91 Å². The maximum atomic E-state index is 13.0. The maximum Gasteiger partial charge on any atom is 0.254 e. The number of rotatable bonds is 7. The molecule has 0 aliphatic carbocycles. The van der Waals surface area contributed by atoms with E-state index in [9.17, 15) is 9.59 Å². The predicted molar refractivity (Wildman–Crippen MR) is 102 cm³/mol. The lowest BCUT2D eigenvalue weighted by Crippen LogP contribution is -2.32. The fraction of sp³-hybridized carbons (Fsp3) is 0.364. The molecule has 0 N–H and O–H groups in total. The number of hydrogen-bond acceptors (Lipinski definition) is 2. The third kappa shape index (κ3) is 4.36. The molecular weight excluding hydrogens is 310 g/mol. The number of benzene rings is 2. The van der Waals surface area contributed by atoms with Gasteiger partial charge in [-0.2, -0.15) is 0 Å². The molecule has 0 bridgehead atoms. The predicted octanol–water partition coefficient (Wildman–Crippen LogP) is 4.80. The van der Waals surface area contributed by atoms with Crippen molar-refractivity contribution in [2.24, 2.45) is 0 Å². The van der Waals surface area contributed by atoms with E-state index >= 15 is 0 Å². The van der Waals surface area contributed by atoms with E-state index < -0.39 is 0 Å². The van der Waals surface area contributed by atoms with E-state index in [0.717, 1.165) is 30.5 Å². The smallest absolute Gasteiger partial charge is 0.254 e. The van der Waals surface area contributed by atoms with Gasteiger partial charge in [-0.1, -0.05) is 43.7 Å². The van der Waals surface area contributed by atoms with E-state index in [1.165, 1.54) is 0 Å². The minimum Gasteiger partial charge on any atom is -0.339 e. The molecule has 0 unspecified atom stereocenters. The third-order valence-corrected chi connectivity index (χ3v) is 4.62. The molecule has 0 aromatic heterocycles. The summed E-state index contributed by atoms with van der Waals surface area (Å²) in [6.45, 7) is 9.46. The van der Waals surface area contributed by atoms with E-state index in [1.54, 1.807) is 12.1 Å². The first-order valence-corrected chi connectivity index (χ1v) is 8.99. The van der Waals surface area contributed by atoms with Gasteiger partial charge in [0.05, 0.1) is 5.56 Å². The van der Waals surface area contributed by atoms with Crippen LogP contribution in [-0.2, 0) is 0 Å². The van der Waals surface area contributed by atoms with Crippen molar-refractivity contribution < 1.29 is 9.59 Å². The molecule has 0 atom stereocenters. The van der Waals surface area contributed by atoms with Gasteiger partial charge in [0.15, 0.2) is 5.78 Å². The Labute approximate surface area is 150 Å². The quantitative estimate of drug-likeness (QED) is 0.681. The minimum atomic E-state index is -0.0985. The Morgan fingerprint density at radius 3 is 2.20 bits per heavy atom. The number of hydrogen-bond donors (Lipinski definition) is 0. The van der Waals surface area contributed by atoms with E-state index in [0.29, 0.717) is 23.2 Å². The molecule has 0 spiro atoms. The largest absolute Gasteiger partial charge is 0.339 e. The molecule has 0 aliphatic rings. The highest BCUT2D eigenvalue weighted by Crippen LogP contribution is 2.19. The second-order valence-electron chi connectivity index (χ2n) is 6.41. The summed E-state index contributed by atoms with van der Waals surface area (Å²) < 4.78 is 0. The number of ketones is 1. The van der Waals surface area contributed by atoms with Crippen LogP contribution in [0, 0.1) is 13.8 Å². The van der Waals surface area contributed by atoms with E-state index in [2.05, 4.69) is 6.92 Å². The number of aryl methyl sites for hydroxylation is 2. The molecule has 132 valence electrons. The first-order valence-electron chi connectivity index (χ1n) is 8.99. The third-order valence-electron chi connectivity index (χ3n) is 4.62. The molecule has 25 heavy (non-hydrogen) atoms. The number of unbranched alkanes of at least 4 members (excludes halogenated alkanes) is 1. The highest BCUT2D eigenvalue weighted by Gasteiger charge is 2.21. The van der Waals surface area contributed by atoms with Crippen molar-refractivity contribution in [3.63, 3.8) is 0 Å². The highest BCUT2D eigenvalue weighted by molar-refractivity contribution is 6.15. The van der Waals surface area contributed by atoms with Crippen molar-refractivity contribution in [3.8, 4) is 0 Å². The van der Waals surface area contributed by atoms with Gasteiger partial charge in [-0.3, -0.25) is 9.59 Å². The van der Waals surface area contributed by atoms with Gasteiger partial charge in [-0.25, -0.2) is 0 Å². The van der Waals surface area contributed by atoms with Crippen molar-refractivity contribution in [2.75, 3.05) is 13.1 Å². The molecule has 3 heteroatoms. The topological polar surface area (TPSA) is 37.4 Å². The molecular formula is C22H27NO2. The first-order chi connectivity index (χ1) is 12.0. The average Bonchev–Trinajstić information content (AvgIpc) is 2.63. The molecule has 0 radical (unpaired) electrons. The van der Waals surface area contributed by atoms with Crippen molar-refractivity contribution in [1.29, 1.82) is 0 Å². The zero-order valence-corrected chi connectivity index (χ0v) is 15.6. The van der Waals surface area contributed by atoms with E-state index in [-0.39, 0.29) is 11.7 Å². The summed E-state index contributed by atoms with van der Waals surface area (Å²) in [6.07, 6.45) is 2.00. The van der Waals surface area contributed by atoms with Crippen molar-refractivity contribution >= 4 is 11.7 Å². The zero-order chi connectivity index (χ0) is 18.4. The Kier molecular flexibility index (Phi) is 6.51. The van der Waals surface area contributed by atoms with Crippen LogP contribution in [0.5, 0.6) is 0 Å². The van der Waals surface area contributed by atoms with Gasteiger partial charge >= 0.3 is 0 Å². The average molecular weight is 337 g/mol. The maximum absolute atomic E-state index is 13.0. The van der Waals surface area contributed by atoms with Crippen LogP contribution in [0.3, 0.4) is 0 Å². The molecule has 0 saturated heterocycles. The Bertz CT molecular complexity index is 764. The second kappa shape index (κ2) is 8.61. The van der Waals surface area contributed by atoms with Crippen LogP contribution in [0.2, 0.25) is 0 Å². The summed E-state index contributed by atoms with van der Waals surface area (Å²) in [5, 5.41) is 0. The van der Waals surface area contributed by atoms with Gasteiger partial charge in [0.2, 0.25) is 0 Å². The Hall–Kier alpha value is -2.42. The Morgan fingerprint density at radius 2 is 1.60 bits per heavy atom. The summed E-state index contributed by atoms with van der Waals surface area (Å²) in [4.78, 5) is 27.7. The lowest BCUT2D eigenvalue weighted by atomic mass is 9.95. The fourth-order valence-electron chi connectivity index (χ4n) is 2.83. The molecule has 0 heterocycles. The molecule has 2 aromatic rings. The zero-order valence-electron chi connectivity index (χ0n) is 15.6. The molecule has 2 aromatic carbocycles. The van der Waals surface area contributed by atoms with Crippen molar-refractivity contribution in [2.45, 2.75) is 40.5 Å². The van der Waals surface area contributed by atoms with Crippen molar-refractivity contribution in [3.05, 3.63) is 70.3 Å². The first kappa shape index (κ1) is 18.9. The fourth-order valence-corrected chi connectivity index (χ4v) is 2.83. The van der Waals surface area contributed by atoms with Gasteiger partial charge < -0.3 is 4.90 Å². The molecule has 2 rings (SSSR count). The lowest BCUT2D eigenvalue weighted by molar-refractivity contribution is 0.0758. The second-order valence-corrected chi connectivity index (χ2v) is 6.41. The van der Waals surface area contributed by atoms with Gasteiger partial charge in [-0.05, 0) is 50.5 Å². The molecule has 0 aliphatic heterocycles. The summed E-state index contributed by atoms with van der Waals surface area (Å²) in [7, 11) is 0. The van der Waals surface area contributed by atoms with Crippen LogP contribution >= 0.6 is 0 Å². The lowest BCUT2D eigenvalue weighted by Gasteiger charge is -2.22. The number of carbonyl (C=O) groups is 2. The van der Waals surface area contributed by atoms with Crippen LogP contribution in [-0.4, -0.2) is 29.7 Å². The summed E-state index contributed by atoms with van der Waals surface area (Å²) in [5.74, 6) is -0.165. The number of amides is 1. The van der Waals surface area contributed by atoms with Crippen LogP contribution < -0.4 is 0 Å². The molecule has 0 saturated carbocycles. The summed E-state index contributed by atoms with van der Waals surface area (Å²) in [6, 6.07) is 12.8. The summed E-state index contributed by atoms with van der Waals surface area (Å²) >= 11 is 0. The highest BCUT2D eigenvalue weighted by atomic mass is 16.2.